The first-order valence-corrected chi connectivity index (χ1v) is 12.2. The molecule has 0 radical (unpaired) electrons. The molecule has 5 atom stereocenters. The maximum absolute atomic E-state index is 9.89. The van der Waals surface area contributed by atoms with Gasteiger partial charge in [0.05, 0.1) is 13.2 Å². The number of allylic oxidation sites excluding steroid dienone is 2. The van der Waals surface area contributed by atoms with Gasteiger partial charge < -0.3 is 35.0 Å². The van der Waals surface area contributed by atoms with Gasteiger partial charge in [-0.05, 0) is 25.7 Å². The lowest BCUT2D eigenvalue weighted by molar-refractivity contribution is -0.113. The largest absolute Gasteiger partial charge is 0.388 e. The molecule has 0 saturated heterocycles. The summed E-state index contributed by atoms with van der Waals surface area (Å²) in [5, 5.41) is 48.3. The van der Waals surface area contributed by atoms with Crippen LogP contribution >= 0.6 is 0 Å². The molecule has 31 heavy (non-hydrogen) atoms. The van der Waals surface area contributed by atoms with Crippen LogP contribution in [0.4, 0.5) is 0 Å². The predicted octanol–water partition coefficient (Wildman–Crippen LogP) is 2.46. The fourth-order valence-corrected chi connectivity index (χ4v) is 3.77. The minimum Gasteiger partial charge on any atom is -0.388 e. The van der Waals surface area contributed by atoms with E-state index in [4.69, 9.17) is 9.47 Å². The summed E-state index contributed by atoms with van der Waals surface area (Å²) in [7, 11) is 0. The van der Waals surface area contributed by atoms with Crippen LogP contribution in [0.1, 0.15) is 84.0 Å². The van der Waals surface area contributed by atoms with Crippen LogP contribution in [0.5, 0.6) is 0 Å². The first kappa shape index (κ1) is 28.5. The van der Waals surface area contributed by atoms with Crippen molar-refractivity contribution in [1.29, 1.82) is 0 Å². The molecule has 1 saturated carbocycles. The van der Waals surface area contributed by atoms with Crippen molar-refractivity contribution in [3.05, 3.63) is 12.2 Å². The van der Waals surface area contributed by atoms with Crippen molar-refractivity contribution in [3.63, 3.8) is 0 Å². The van der Waals surface area contributed by atoms with Crippen molar-refractivity contribution < 1.29 is 35.0 Å². The van der Waals surface area contributed by atoms with Gasteiger partial charge >= 0.3 is 0 Å². The maximum Gasteiger partial charge on any atom is 0.115 e. The summed E-state index contributed by atoms with van der Waals surface area (Å²) in [6.45, 7) is 2.76. The van der Waals surface area contributed by atoms with Crippen LogP contribution in [0, 0.1) is 0 Å². The quantitative estimate of drug-likeness (QED) is 0.153. The summed E-state index contributed by atoms with van der Waals surface area (Å²) in [5.74, 6) is 0. The van der Waals surface area contributed by atoms with Crippen molar-refractivity contribution in [2.45, 2.75) is 121 Å². The van der Waals surface area contributed by atoms with E-state index in [1.807, 2.05) is 0 Å². The van der Waals surface area contributed by atoms with Gasteiger partial charge in [0.25, 0.3) is 0 Å². The molecule has 0 aromatic rings. The molecule has 7 nitrogen and oxygen atoms in total. The summed E-state index contributed by atoms with van der Waals surface area (Å²) in [5.41, 5.74) is 0. The van der Waals surface area contributed by atoms with Crippen LogP contribution in [0.15, 0.2) is 12.2 Å². The summed E-state index contributed by atoms with van der Waals surface area (Å²) >= 11 is 0. The average Bonchev–Trinajstić information content (AvgIpc) is 2.94. The fraction of sp³-hybridized carbons (Fsp3) is 0.917. The van der Waals surface area contributed by atoms with E-state index in [-0.39, 0.29) is 13.2 Å². The lowest BCUT2D eigenvalue weighted by atomic mass is 10.1. The molecule has 0 spiro atoms. The zero-order chi connectivity index (χ0) is 22.9. The van der Waals surface area contributed by atoms with Crippen molar-refractivity contribution in [3.8, 4) is 0 Å². The van der Waals surface area contributed by atoms with Gasteiger partial charge in [0, 0.05) is 6.61 Å². The van der Waals surface area contributed by atoms with Crippen LogP contribution in [0.2, 0.25) is 0 Å². The van der Waals surface area contributed by atoms with Gasteiger partial charge in [-0.25, -0.2) is 0 Å². The Balaban J connectivity index is 1.86. The highest BCUT2D eigenvalue weighted by Gasteiger charge is 2.49. The van der Waals surface area contributed by atoms with Crippen LogP contribution in [0.3, 0.4) is 0 Å². The molecule has 184 valence electrons. The Morgan fingerprint density at radius 3 is 1.77 bits per heavy atom. The Morgan fingerprint density at radius 1 is 0.677 bits per heavy atom. The summed E-state index contributed by atoms with van der Waals surface area (Å²) in [4.78, 5) is 0. The number of aliphatic hydroxyl groups excluding tert-OH is 5. The van der Waals surface area contributed by atoms with Crippen molar-refractivity contribution >= 4 is 0 Å². The monoisotopic (exact) mass is 446 g/mol. The smallest absolute Gasteiger partial charge is 0.115 e. The van der Waals surface area contributed by atoms with Gasteiger partial charge in [-0.2, -0.15) is 0 Å². The third kappa shape index (κ3) is 12.3. The third-order valence-electron chi connectivity index (χ3n) is 5.81. The number of ether oxygens (including phenoxy) is 2. The highest BCUT2D eigenvalue weighted by Crippen LogP contribution is 2.24. The van der Waals surface area contributed by atoms with E-state index in [1.165, 1.54) is 64.2 Å². The van der Waals surface area contributed by atoms with E-state index in [9.17, 15) is 25.5 Å². The van der Waals surface area contributed by atoms with E-state index in [0.717, 1.165) is 12.8 Å². The van der Waals surface area contributed by atoms with Crippen molar-refractivity contribution in [1.82, 2.24) is 0 Å². The molecule has 0 aliphatic heterocycles. The van der Waals surface area contributed by atoms with Gasteiger partial charge in [-0.3, -0.25) is 0 Å². The molecule has 0 amide bonds. The number of hydrogen-bond donors (Lipinski definition) is 5. The first-order chi connectivity index (χ1) is 15.0. The van der Waals surface area contributed by atoms with Crippen LogP contribution in [-0.4, -0.2) is 82.0 Å². The first-order valence-electron chi connectivity index (χ1n) is 12.2. The lowest BCUT2D eigenvalue weighted by Gasteiger charge is -2.21. The Kier molecular flexibility index (Phi) is 16.5. The molecule has 1 aliphatic carbocycles. The molecule has 5 N–H and O–H groups in total. The molecular weight excluding hydrogens is 400 g/mol. The number of hydrogen-bond acceptors (Lipinski definition) is 7. The van der Waals surface area contributed by atoms with E-state index in [2.05, 4.69) is 19.1 Å². The minimum atomic E-state index is -1.45. The predicted molar refractivity (Wildman–Crippen MR) is 121 cm³/mol. The van der Waals surface area contributed by atoms with Crippen LogP contribution in [0.25, 0.3) is 0 Å². The topological polar surface area (TPSA) is 120 Å². The van der Waals surface area contributed by atoms with E-state index in [0.29, 0.717) is 6.61 Å². The maximum atomic E-state index is 9.89. The van der Waals surface area contributed by atoms with Gasteiger partial charge in [0.15, 0.2) is 0 Å². The average molecular weight is 447 g/mol. The van der Waals surface area contributed by atoms with Gasteiger partial charge in [0.1, 0.15) is 36.6 Å². The Labute approximate surface area is 188 Å². The van der Waals surface area contributed by atoms with Gasteiger partial charge in [-0.15, -0.1) is 0 Å². The Hall–Kier alpha value is -0.540. The summed E-state index contributed by atoms with van der Waals surface area (Å²) in [6.07, 6.45) is 11.7. The molecule has 0 heterocycles. The standard InChI is InChI=1S/C24H46O7/c1-2-3-4-5-6-7-8-9-10-11-12-13-14-15-16-30-17-19(25)18-31-24-22(28)20(26)21(27)23(24)29/h5-6,19-29H,2-4,7-18H2,1H3. The van der Waals surface area contributed by atoms with E-state index >= 15 is 0 Å². The third-order valence-corrected chi connectivity index (χ3v) is 5.81. The number of aliphatic hydroxyl groups is 5. The Morgan fingerprint density at radius 2 is 1.19 bits per heavy atom. The fourth-order valence-electron chi connectivity index (χ4n) is 3.77. The van der Waals surface area contributed by atoms with Crippen molar-refractivity contribution in [2.24, 2.45) is 0 Å². The molecule has 1 aliphatic rings. The number of unbranched alkanes of at least 4 members (excludes halogenated alkanes) is 10. The molecule has 5 unspecified atom stereocenters. The van der Waals surface area contributed by atoms with Gasteiger partial charge in [-0.1, -0.05) is 70.4 Å². The molecule has 0 bridgehead atoms. The molecular formula is C24H46O7. The molecule has 1 rings (SSSR count). The van der Waals surface area contributed by atoms with E-state index in [1.54, 1.807) is 0 Å². The zero-order valence-corrected chi connectivity index (χ0v) is 19.3. The molecule has 7 heteroatoms. The van der Waals surface area contributed by atoms with Gasteiger partial charge in [0.2, 0.25) is 0 Å². The zero-order valence-electron chi connectivity index (χ0n) is 19.3. The second kappa shape index (κ2) is 18.0. The highest BCUT2D eigenvalue weighted by atomic mass is 16.5. The molecule has 0 aromatic carbocycles. The Bertz CT molecular complexity index is 432. The summed E-state index contributed by atoms with van der Waals surface area (Å²) < 4.78 is 10.7. The minimum absolute atomic E-state index is 0.108. The lowest BCUT2D eigenvalue weighted by Crippen LogP contribution is -2.38. The normalized spacial score (nSPS) is 27.4. The number of rotatable bonds is 19. The van der Waals surface area contributed by atoms with Crippen molar-refractivity contribution in [2.75, 3.05) is 19.8 Å². The van der Waals surface area contributed by atoms with Crippen LogP contribution < -0.4 is 0 Å². The second-order valence-corrected chi connectivity index (χ2v) is 8.72. The SMILES string of the molecule is CCCCC=CCCCCCCCCCCOCC(O)COC1C(O)C(O)C(O)C1O. The van der Waals surface area contributed by atoms with E-state index < -0.39 is 36.6 Å². The molecule has 1 fully saturated rings. The molecule has 0 aromatic heterocycles. The summed E-state index contributed by atoms with van der Waals surface area (Å²) in [6, 6.07) is 0. The highest BCUT2D eigenvalue weighted by molar-refractivity contribution is 4.99. The van der Waals surface area contributed by atoms with Crippen LogP contribution in [-0.2, 0) is 9.47 Å². The second-order valence-electron chi connectivity index (χ2n) is 8.72.